The van der Waals surface area contributed by atoms with Crippen LogP contribution in [0.5, 0.6) is 0 Å². The number of amidine groups is 1. The molecule has 0 radical (unpaired) electrons. The lowest BCUT2D eigenvalue weighted by molar-refractivity contribution is -0.385. The second kappa shape index (κ2) is 7.46. The van der Waals surface area contributed by atoms with Crippen molar-refractivity contribution in [2.45, 2.75) is 13.5 Å². The molecule has 1 unspecified atom stereocenters. The van der Waals surface area contributed by atoms with Crippen LogP contribution in [0, 0.1) is 16.0 Å². The summed E-state index contributed by atoms with van der Waals surface area (Å²) in [6, 6.07) is 9.41. The number of halogens is 2. The van der Waals surface area contributed by atoms with E-state index in [2.05, 4.69) is 10.3 Å². The van der Waals surface area contributed by atoms with Crippen LogP contribution in [-0.2, 0) is 11.3 Å². The number of nitrogens with zero attached hydrogens (tertiary/aromatic N) is 2. The van der Waals surface area contributed by atoms with Crippen molar-refractivity contribution in [1.82, 2.24) is 0 Å². The van der Waals surface area contributed by atoms with Crippen molar-refractivity contribution in [3.05, 3.63) is 67.7 Å². The van der Waals surface area contributed by atoms with E-state index < -0.39 is 28.1 Å². The number of rotatable bonds is 4. The summed E-state index contributed by atoms with van der Waals surface area (Å²) in [4.78, 5) is 39.9. The number of Topliss-reactive ketones (excluding diaryl/α,β-unsaturated/α-hetero) is 2. The Labute approximate surface area is 164 Å². The average Bonchev–Trinajstić information content (AvgIpc) is 2.61. The van der Waals surface area contributed by atoms with E-state index in [0.717, 1.165) is 11.6 Å². The second-order valence-electron chi connectivity index (χ2n) is 5.93. The molecule has 0 fully saturated rings. The van der Waals surface area contributed by atoms with Gasteiger partial charge in [-0.1, -0.05) is 35.3 Å². The van der Waals surface area contributed by atoms with Crippen molar-refractivity contribution in [3.63, 3.8) is 0 Å². The Kier molecular flexibility index (Phi) is 5.25. The van der Waals surface area contributed by atoms with Gasteiger partial charge < -0.3 is 5.32 Å². The van der Waals surface area contributed by atoms with E-state index in [9.17, 15) is 19.7 Å². The summed E-state index contributed by atoms with van der Waals surface area (Å²) < 4.78 is 0. The highest BCUT2D eigenvalue weighted by Crippen LogP contribution is 2.38. The van der Waals surface area contributed by atoms with Gasteiger partial charge in [0.1, 0.15) is 23.1 Å². The molecule has 138 valence electrons. The normalized spacial score (nSPS) is 17.4. The number of aliphatic imine (C=N–C) groups is 1. The van der Waals surface area contributed by atoms with Gasteiger partial charge in [-0.2, -0.15) is 0 Å². The SMILES string of the molecule is CC(=O)C1C(=O)c2c([N+](=O)[O-])ccc(Cl)c2NC1=NCc1ccc(Cl)cc1. The van der Waals surface area contributed by atoms with Gasteiger partial charge >= 0.3 is 0 Å². The van der Waals surface area contributed by atoms with E-state index in [-0.39, 0.29) is 28.7 Å². The number of nitro benzene ring substituents is 1. The standard InChI is InChI=1S/C18H13Cl2N3O4/c1-9(24)14-17(25)15-13(23(26)27)7-6-12(20)16(15)22-18(14)21-8-10-2-4-11(19)5-3-10/h2-7,14H,8H2,1H3,(H,21,22). The van der Waals surface area contributed by atoms with Crippen LogP contribution in [0.1, 0.15) is 22.8 Å². The monoisotopic (exact) mass is 405 g/mol. The zero-order valence-corrected chi connectivity index (χ0v) is 15.5. The fourth-order valence-corrected chi connectivity index (χ4v) is 3.16. The van der Waals surface area contributed by atoms with Gasteiger partial charge in [0.05, 0.1) is 22.2 Å². The summed E-state index contributed by atoms with van der Waals surface area (Å²) in [6.07, 6.45) is 0. The molecule has 9 heteroatoms. The lowest BCUT2D eigenvalue weighted by Crippen LogP contribution is -2.40. The number of carbonyl (C=O) groups is 2. The van der Waals surface area contributed by atoms with Gasteiger partial charge in [-0.3, -0.25) is 24.7 Å². The first-order valence-corrected chi connectivity index (χ1v) is 8.62. The number of carbonyl (C=O) groups excluding carboxylic acids is 2. The van der Waals surface area contributed by atoms with Crippen molar-refractivity contribution < 1.29 is 14.5 Å². The summed E-state index contributed by atoms with van der Waals surface area (Å²) in [5.41, 5.74) is 0.288. The first-order chi connectivity index (χ1) is 12.8. The third kappa shape index (κ3) is 3.70. The minimum atomic E-state index is -1.25. The Balaban J connectivity index is 2.06. The molecule has 3 rings (SSSR count). The van der Waals surface area contributed by atoms with Gasteiger partial charge in [-0.05, 0) is 30.7 Å². The average molecular weight is 406 g/mol. The number of nitro groups is 1. The number of nitrogens with one attached hydrogen (secondary N) is 1. The number of ketones is 2. The van der Waals surface area contributed by atoms with Crippen molar-refractivity contribution in [3.8, 4) is 0 Å². The molecule has 1 aliphatic heterocycles. The van der Waals surface area contributed by atoms with E-state index in [4.69, 9.17) is 23.2 Å². The van der Waals surface area contributed by atoms with Crippen molar-refractivity contribution in [1.29, 1.82) is 0 Å². The molecule has 0 amide bonds. The number of hydrogen-bond acceptors (Lipinski definition) is 5. The zero-order valence-electron chi connectivity index (χ0n) is 14.0. The van der Waals surface area contributed by atoms with E-state index in [1.165, 1.54) is 13.0 Å². The molecule has 0 saturated carbocycles. The summed E-state index contributed by atoms with van der Waals surface area (Å²) in [5, 5.41) is 14.8. The molecule has 0 bridgehead atoms. The first kappa shape index (κ1) is 19.0. The maximum Gasteiger partial charge on any atom is 0.282 e. The van der Waals surface area contributed by atoms with Gasteiger partial charge in [0.25, 0.3) is 5.69 Å². The molecule has 2 aromatic rings. The van der Waals surface area contributed by atoms with E-state index >= 15 is 0 Å². The van der Waals surface area contributed by atoms with Gasteiger partial charge in [0.2, 0.25) is 0 Å². The Morgan fingerprint density at radius 2 is 1.89 bits per heavy atom. The molecule has 1 aliphatic rings. The molecule has 1 heterocycles. The highest BCUT2D eigenvalue weighted by atomic mass is 35.5. The summed E-state index contributed by atoms with van der Waals surface area (Å²) in [5.74, 6) is -2.30. The summed E-state index contributed by atoms with van der Waals surface area (Å²) in [6.45, 7) is 1.43. The fourth-order valence-electron chi connectivity index (χ4n) is 2.83. The van der Waals surface area contributed by atoms with Crippen LogP contribution in [0.2, 0.25) is 10.0 Å². The van der Waals surface area contributed by atoms with E-state index in [1.807, 2.05) is 0 Å². The highest BCUT2D eigenvalue weighted by molar-refractivity contribution is 6.39. The number of hydrogen-bond donors (Lipinski definition) is 1. The van der Waals surface area contributed by atoms with Crippen LogP contribution in [0.15, 0.2) is 41.4 Å². The number of benzene rings is 2. The van der Waals surface area contributed by atoms with E-state index in [0.29, 0.717) is 5.02 Å². The topological polar surface area (TPSA) is 102 Å². The molecule has 0 spiro atoms. The minimum absolute atomic E-state index is 0.0863. The molecule has 2 aromatic carbocycles. The molecular weight excluding hydrogens is 393 g/mol. The zero-order chi connectivity index (χ0) is 19.7. The summed E-state index contributed by atoms with van der Waals surface area (Å²) in [7, 11) is 0. The Morgan fingerprint density at radius 1 is 1.22 bits per heavy atom. The smallest absolute Gasteiger partial charge is 0.282 e. The molecule has 0 aliphatic carbocycles. The third-order valence-corrected chi connectivity index (χ3v) is 4.68. The predicted octanol–water partition coefficient (Wildman–Crippen LogP) is 4.31. The van der Waals surface area contributed by atoms with Crippen LogP contribution >= 0.6 is 23.2 Å². The summed E-state index contributed by atoms with van der Waals surface area (Å²) >= 11 is 12.0. The van der Waals surface area contributed by atoms with Gasteiger partial charge in [-0.25, -0.2) is 0 Å². The maximum absolute atomic E-state index is 12.9. The van der Waals surface area contributed by atoms with Crippen molar-refractivity contribution in [2.24, 2.45) is 10.9 Å². The second-order valence-corrected chi connectivity index (χ2v) is 6.78. The van der Waals surface area contributed by atoms with Gasteiger partial charge in [0, 0.05) is 11.1 Å². The maximum atomic E-state index is 12.9. The van der Waals surface area contributed by atoms with Gasteiger partial charge in [-0.15, -0.1) is 0 Å². The first-order valence-electron chi connectivity index (χ1n) is 7.87. The molecular formula is C18H13Cl2N3O4. The Hall–Kier alpha value is -2.77. The van der Waals surface area contributed by atoms with Gasteiger partial charge in [0.15, 0.2) is 5.78 Å². The molecule has 0 aromatic heterocycles. The Morgan fingerprint density at radius 3 is 2.48 bits per heavy atom. The van der Waals surface area contributed by atoms with Crippen LogP contribution in [0.25, 0.3) is 0 Å². The van der Waals surface area contributed by atoms with Crippen molar-refractivity contribution in [2.75, 3.05) is 5.32 Å². The van der Waals surface area contributed by atoms with Crippen LogP contribution < -0.4 is 5.32 Å². The molecule has 1 atom stereocenters. The number of anilines is 1. The molecule has 27 heavy (non-hydrogen) atoms. The van der Waals surface area contributed by atoms with Crippen LogP contribution in [0.4, 0.5) is 11.4 Å². The minimum Gasteiger partial charge on any atom is -0.341 e. The molecule has 7 nitrogen and oxygen atoms in total. The molecule has 0 saturated heterocycles. The number of fused-ring (bicyclic) bond motifs is 1. The lowest BCUT2D eigenvalue weighted by Gasteiger charge is -2.25. The third-order valence-electron chi connectivity index (χ3n) is 4.12. The largest absolute Gasteiger partial charge is 0.341 e. The fraction of sp³-hybridized carbons (Fsp3) is 0.167. The predicted molar refractivity (Wildman–Crippen MR) is 103 cm³/mol. The molecule has 1 N–H and O–H groups in total. The highest BCUT2D eigenvalue weighted by Gasteiger charge is 2.41. The lowest BCUT2D eigenvalue weighted by atomic mass is 9.87. The quantitative estimate of drug-likeness (QED) is 0.463. The van der Waals surface area contributed by atoms with Crippen LogP contribution in [0.3, 0.4) is 0 Å². The Bertz CT molecular complexity index is 987. The van der Waals surface area contributed by atoms with Crippen LogP contribution in [-0.4, -0.2) is 22.3 Å². The van der Waals surface area contributed by atoms with E-state index in [1.54, 1.807) is 24.3 Å². The van der Waals surface area contributed by atoms with Crippen molar-refractivity contribution >= 4 is 52.0 Å².